The molecule has 0 fully saturated rings. The smallest absolute Gasteiger partial charge is 0.258 e. The minimum absolute atomic E-state index is 0.0134. The van der Waals surface area contributed by atoms with Gasteiger partial charge in [-0.25, -0.2) is 0 Å². The number of hydrogen-bond acceptors (Lipinski definition) is 5. The Hall–Kier alpha value is -2.80. The van der Waals surface area contributed by atoms with Crippen LogP contribution in [0, 0.1) is 20.2 Å². The van der Waals surface area contributed by atoms with Crippen molar-refractivity contribution in [1.82, 2.24) is 0 Å². The standard InChI is InChI=1S/C13H8ClN3O4/c14-12-7-11(17(20)21)5-6-13(12)15-8-9-1-3-10(4-2-9)16(18)19/h1-8H. The third-order valence-corrected chi connectivity index (χ3v) is 2.90. The van der Waals surface area contributed by atoms with Crippen LogP contribution < -0.4 is 0 Å². The molecular weight excluding hydrogens is 298 g/mol. The average molecular weight is 306 g/mol. The lowest BCUT2D eigenvalue weighted by Gasteiger charge is -1.98. The van der Waals surface area contributed by atoms with Gasteiger partial charge in [-0.1, -0.05) is 11.6 Å². The summed E-state index contributed by atoms with van der Waals surface area (Å²) in [5.41, 5.74) is 0.894. The molecule has 0 bridgehead atoms. The zero-order valence-corrected chi connectivity index (χ0v) is 11.2. The third-order valence-electron chi connectivity index (χ3n) is 2.60. The number of nitro groups is 2. The van der Waals surface area contributed by atoms with Gasteiger partial charge in [-0.15, -0.1) is 0 Å². The van der Waals surface area contributed by atoms with Crippen LogP contribution in [0.1, 0.15) is 5.56 Å². The largest absolute Gasteiger partial charge is 0.271 e. The Labute approximate surface area is 123 Å². The summed E-state index contributed by atoms with van der Waals surface area (Å²) in [6, 6.07) is 9.75. The second kappa shape index (κ2) is 6.10. The summed E-state index contributed by atoms with van der Waals surface area (Å²) in [7, 11) is 0. The maximum atomic E-state index is 10.6. The monoisotopic (exact) mass is 305 g/mol. The number of non-ortho nitro benzene ring substituents is 2. The Balaban J connectivity index is 2.21. The first-order chi connectivity index (χ1) is 9.97. The predicted octanol–water partition coefficient (Wildman–Crippen LogP) is 3.91. The van der Waals surface area contributed by atoms with Crippen LogP contribution in [0.25, 0.3) is 0 Å². The zero-order valence-electron chi connectivity index (χ0n) is 10.5. The van der Waals surface area contributed by atoms with Crippen molar-refractivity contribution < 1.29 is 9.85 Å². The van der Waals surface area contributed by atoms with Crippen molar-refractivity contribution in [3.05, 3.63) is 73.3 Å². The molecule has 21 heavy (non-hydrogen) atoms. The number of nitro benzene ring substituents is 2. The maximum absolute atomic E-state index is 10.6. The first-order valence-electron chi connectivity index (χ1n) is 5.70. The SMILES string of the molecule is O=[N+]([O-])c1ccc(C=Nc2ccc([N+](=O)[O-])cc2Cl)cc1. The molecule has 0 N–H and O–H groups in total. The van der Waals surface area contributed by atoms with Gasteiger partial charge in [0.15, 0.2) is 0 Å². The van der Waals surface area contributed by atoms with Gasteiger partial charge in [0.05, 0.1) is 20.6 Å². The van der Waals surface area contributed by atoms with Gasteiger partial charge in [-0.2, -0.15) is 0 Å². The first kappa shape index (κ1) is 14.6. The van der Waals surface area contributed by atoms with E-state index in [0.717, 1.165) is 0 Å². The maximum Gasteiger partial charge on any atom is 0.271 e. The molecule has 0 spiro atoms. The van der Waals surface area contributed by atoms with Crippen molar-refractivity contribution in [3.8, 4) is 0 Å². The molecular formula is C13H8ClN3O4. The van der Waals surface area contributed by atoms with Gasteiger partial charge in [-0.05, 0) is 23.8 Å². The molecule has 8 heteroatoms. The summed E-state index contributed by atoms with van der Waals surface area (Å²) in [6.07, 6.45) is 1.47. The Morgan fingerprint density at radius 2 is 1.52 bits per heavy atom. The van der Waals surface area contributed by atoms with E-state index in [0.29, 0.717) is 11.3 Å². The highest BCUT2D eigenvalue weighted by atomic mass is 35.5. The summed E-state index contributed by atoms with van der Waals surface area (Å²) < 4.78 is 0. The molecule has 0 aromatic heterocycles. The van der Waals surface area contributed by atoms with E-state index >= 15 is 0 Å². The quantitative estimate of drug-likeness (QED) is 0.485. The molecule has 0 amide bonds. The number of aliphatic imine (C=N–C) groups is 1. The number of nitrogens with zero attached hydrogens (tertiary/aromatic N) is 3. The lowest BCUT2D eigenvalue weighted by Crippen LogP contribution is -1.88. The summed E-state index contributed by atoms with van der Waals surface area (Å²) >= 11 is 5.90. The fourth-order valence-electron chi connectivity index (χ4n) is 1.54. The van der Waals surface area contributed by atoms with E-state index in [1.807, 2.05) is 0 Å². The van der Waals surface area contributed by atoms with E-state index in [1.54, 1.807) is 12.1 Å². The van der Waals surface area contributed by atoms with Gasteiger partial charge < -0.3 is 0 Å². The molecule has 7 nitrogen and oxygen atoms in total. The fourth-order valence-corrected chi connectivity index (χ4v) is 1.76. The molecule has 0 heterocycles. The molecule has 0 aliphatic heterocycles. The van der Waals surface area contributed by atoms with Crippen molar-refractivity contribution in [3.63, 3.8) is 0 Å². The molecule has 0 atom stereocenters. The van der Waals surface area contributed by atoms with Crippen molar-refractivity contribution >= 4 is 34.9 Å². The van der Waals surface area contributed by atoms with Crippen LogP contribution in [0.4, 0.5) is 17.1 Å². The Morgan fingerprint density at radius 1 is 0.952 bits per heavy atom. The minimum Gasteiger partial charge on any atom is -0.258 e. The van der Waals surface area contributed by atoms with Gasteiger partial charge in [0, 0.05) is 30.5 Å². The number of hydrogen-bond donors (Lipinski definition) is 0. The van der Waals surface area contributed by atoms with Gasteiger partial charge in [0.1, 0.15) is 0 Å². The van der Waals surface area contributed by atoms with Crippen molar-refractivity contribution in [2.75, 3.05) is 0 Å². The molecule has 0 unspecified atom stereocenters. The van der Waals surface area contributed by atoms with Crippen molar-refractivity contribution in [1.29, 1.82) is 0 Å². The van der Waals surface area contributed by atoms with E-state index in [9.17, 15) is 20.2 Å². The van der Waals surface area contributed by atoms with Crippen LogP contribution in [-0.2, 0) is 0 Å². The molecule has 2 rings (SSSR count). The van der Waals surface area contributed by atoms with Gasteiger partial charge in [0.25, 0.3) is 11.4 Å². The lowest BCUT2D eigenvalue weighted by molar-refractivity contribution is -0.385. The Bertz CT molecular complexity index is 729. The summed E-state index contributed by atoms with van der Waals surface area (Å²) in [4.78, 5) is 24.2. The molecule has 106 valence electrons. The zero-order chi connectivity index (χ0) is 15.4. The van der Waals surface area contributed by atoms with Crippen LogP contribution in [0.2, 0.25) is 5.02 Å². The Kier molecular flexibility index (Phi) is 4.24. The summed E-state index contributed by atoms with van der Waals surface area (Å²) in [6.45, 7) is 0. The summed E-state index contributed by atoms with van der Waals surface area (Å²) in [5.74, 6) is 0. The summed E-state index contributed by atoms with van der Waals surface area (Å²) in [5, 5.41) is 21.3. The fraction of sp³-hybridized carbons (Fsp3) is 0. The molecule has 0 aliphatic carbocycles. The number of rotatable bonds is 4. The van der Waals surface area contributed by atoms with E-state index in [1.165, 1.54) is 36.5 Å². The molecule has 0 radical (unpaired) electrons. The normalized spacial score (nSPS) is 10.7. The Morgan fingerprint density at radius 3 is 2.05 bits per heavy atom. The van der Waals surface area contributed by atoms with E-state index in [-0.39, 0.29) is 16.4 Å². The van der Waals surface area contributed by atoms with E-state index in [4.69, 9.17) is 11.6 Å². The number of halogens is 1. The van der Waals surface area contributed by atoms with Crippen molar-refractivity contribution in [2.24, 2.45) is 4.99 Å². The highest BCUT2D eigenvalue weighted by Crippen LogP contribution is 2.28. The van der Waals surface area contributed by atoms with Gasteiger partial charge in [-0.3, -0.25) is 25.2 Å². The molecule has 0 saturated carbocycles. The molecule has 2 aromatic carbocycles. The topological polar surface area (TPSA) is 98.6 Å². The molecule has 0 saturated heterocycles. The first-order valence-corrected chi connectivity index (χ1v) is 6.07. The second-order valence-corrected chi connectivity index (χ2v) is 4.41. The van der Waals surface area contributed by atoms with Crippen LogP contribution in [-0.4, -0.2) is 16.1 Å². The van der Waals surface area contributed by atoms with Crippen LogP contribution in [0.5, 0.6) is 0 Å². The van der Waals surface area contributed by atoms with Gasteiger partial charge >= 0.3 is 0 Å². The van der Waals surface area contributed by atoms with Gasteiger partial charge in [0.2, 0.25) is 0 Å². The highest BCUT2D eigenvalue weighted by molar-refractivity contribution is 6.33. The number of benzene rings is 2. The third kappa shape index (κ3) is 3.61. The van der Waals surface area contributed by atoms with Crippen molar-refractivity contribution in [2.45, 2.75) is 0 Å². The van der Waals surface area contributed by atoms with E-state index < -0.39 is 9.85 Å². The van der Waals surface area contributed by atoms with Crippen LogP contribution >= 0.6 is 11.6 Å². The molecule has 0 aliphatic rings. The van der Waals surface area contributed by atoms with E-state index in [2.05, 4.69) is 4.99 Å². The predicted molar refractivity (Wildman–Crippen MR) is 78.5 cm³/mol. The lowest BCUT2D eigenvalue weighted by atomic mass is 10.2. The second-order valence-electron chi connectivity index (χ2n) is 4.00. The van der Waals surface area contributed by atoms with Crippen LogP contribution in [0.15, 0.2) is 47.5 Å². The minimum atomic E-state index is -0.546. The molecule has 2 aromatic rings. The highest BCUT2D eigenvalue weighted by Gasteiger charge is 2.08. The van der Waals surface area contributed by atoms with Crippen LogP contribution in [0.3, 0.4) is 0 Å². The average Bonchev–Trinajstić information content (AvgIpc) is 2.46.